The Bertz CT molecular complexity index is 1300. The molecule has 0 aliphatic carbocycles. The molecule has 5 rings (SSSR count). The van der Waals surface area contributed by atoms with E-state index in [4.69, 9.17) is 30.9 Å². The maximum atomic E-state index is 5.78. The first-order chi connectivity index (χ1) is 16.1. The zero-order valence-corrected chi connectivity index (χ0v) is 19.0. The molecule has 2 aromatic heterocycles. The van der Waals surface area contributed by atoms with E-state index in [0.29, 0.717) is 23.4 Å². The summed E-state index contributed by atoms with van der Waals surface area (Å²) in [6.45, 7) is 2.50. The van der Waals surface area contributed by atoms with E-state index in [2.05, 4.69) is 22.6 Å². The number of hydrogen-bond acceptors (Lipinski definition) is 6. The number of hydrogen-bond donors (Lipinski definition) is 1. The highest BCUT2D eigenvalue weighted by molar-refractivity contribution is 7.80. The quantitative estimate of drug-likeness (QED) is 0.395. The average molecular weight is 459 g/mol. The van der Waals surface area contributed by atoms with Crippen LogP contribution in [0.3, 0.4) is 0 Å². The van der Waals surface area contributed by atoms with E-state index in [1.807, 2.05) is 66.4 Å². The average Bonchev–Trinajstić information content (AvgIpc) is 3.54. The highest BCUT2D eigenvalue weighted by Gasteiger charge is 2.34. The molecule has 0 amide bonds. The fourth-order valence-corrected chi connectivity index (χ4v) is 4.23. The first-order valence-electron chi connectivity index (χ1n) is 10.5. The molecule has 0 spiro atoms. The summed E-state index contributed by atoms with van der Waals surface area (Å²) >= 11 is 5.73. The molecule has 0 saturated heterocycles. The Labute approximate surface area is 196 Å². The van der Waals surface area contributed by atoms with Gasteiger partial charge in [-0.1, -0.05) is 47.6 Å². The maximum absolute atomic E-state index is 5.78. The SMILES string of the molecule is COc1cccc(-c2noc(C3=C(C)N(Cc4ccco4)C(=S)NC3c3ccccc3)n2)c1. The Morgan fingerprint density at radius 2 is 1.94 bits per heavy atom. The second kappa shape index (κ2) is 8.91. The lowest BCUT2D eigenvalue weighted by molar-refractivity contribution is 0.382. The second-order valence-electron chi connectivity index (χ2n) is 7.61. The Hall–Kier alpha value is -3.91. The van der Waals surface area contributed by atoms with Crippen molar-refractivity contribution < 1.29 is 13.7 Å². The van der Waals surface area contributed by atoms with Gasteiger partial charge in [0.05, 0.1) is 31.5 Å². The number of thiocarbonyl (C=S) groups is 1. The summed E-state index contributed by atoms with van der Waals surface area (Å²) < 4.78 is 16.7. The summed E-state index contributed by atoms with van der Waals surface area (Å²) in [5, 5.41) is 8.30. The van der Waals surface area contributed by atoms with Crippen LogP contribution in [0.1, 0.15) is 30.2 Å². The van der Waals surface area contributed by atoms with Crippen molar-refractivity contribution in [1.82, 2.24) is 20.4 Å². The van der Waals surface area contributed by atoms with Gasteiger partial charge in [0.25, 0.3) is 5.89 Å². The Morgan fingerprint density at radius 1 is 1.09 bits per heavy atom. The third kappa shape index (κ3) is 4.12. The van der Waals surface area contributed by atoms with Crippen LogP contribution in [0.2, 0.25) is 0 Å². The minimum Gasteiger partial charge on any atom is -0.497 e. The van der Waals surface area contributed by atoms with Gasteiger partial charge >= 0.3 is 0 Å². The van der Waals surface area contributed by atoms with E-state index in [0.717, 1.165) is 33.9 Å². The van der Waals surface area contributed by atoms with Gasteiger partial charge in [-0.25, -0.2) is 0 Å². The third-order valence-corrected chi connectivity index (χ3v) is 5.95. The summed E-state index contributed by atoms with van der Waals surface area (Å²) in [4.78, 5) is 6.72. The number of furan rings is 1. The smallest absolute Gasteiger partial charge is 0.258 e. The number of rotatable bonds is 6. The van der Waals surface area contributed by atoms with Crippen molar-refractivity contribution in [2.24, 2.45) is 0 Å². The van der Waals surface area contributed by atoms with Gasteiger partial charge in [-0.2, -0.15) is 4.98 Å². The molecule has 0 radical (unpaired) electrons. The van der Waals surface area contributed by atoms with Crippen LogP contribution in [0.4, 0.5) is 0 Å². The molecule has 3 heterocycles. The molecule has 7 nitrogen and oxygen atoms in total. The number of benzene rings is 2. The van der Waals surface area contributed by atoms with Crippen LogP contribution in [-0.2, 0) is 6.54 Å². The van der Waals surface area contributed by atoms with E-state index in [1.54, 1.807) is 13.4 Å². The number of allylic oxidation sites excluding steroid dienone is 1. The van der Waals surface area contributed by atoms with Crippen molar-refractivity contribution >= 4 is 22.9 Å². The van der Waals surface area contributed by atoms with Gasteiger partial charge in [-0.05, 0) is 49.0 Å². The van der Waals surface area contributed by atoms with Gasteiger partial charge in [0.2, 0.25) is 5.82 Å². The lowest BCUT2D eigenvalue weighted by Gasteiger charge is -2.37. The van der Waals surface area contributed by atoms with Gasteiger partial charge in [0.15, 0.2) is 5.11 Å². The largest absolute Gasteiger partial charge is 0.497 e. The Kier molecular flexibility index (Phi) is 5.66. The molecule has 1 atom stereocenters. The summed E-state index contributed by atoms with van der Waals surface area (Å²) in [6.07, 6.45) is 1.65. The summed E-state index contributed by atoms with van der Waals surface area (Å²) in [6, 6.07) is 21.2. The van der Waals surface area contributed by atoms with Crippen molar-refractivity contribution in [2.75, 3.05) is 7.11 Å². The predicted molar refractivity (Wildman–Crippen MR) is 128 cm³/mol. The molecule has 1 aliphatic rings. The minimum atomic E-state index is -0.231. The molecule has 8 heteroatoms. The van der Waals surface area contributed by atoms with E-state index in [-0.39, 0.29) is 6.04 Å². The van der Waals surface area contributed by atoms with Crippen molar-refractivity contribution in [3.8, 4) is 17.1 Å². The topological polar surface area (TPSA) is 76.6 Å². The molecular formula is C25H22N4O3S. The molecule has 0 saturated carbocycles. The molecule has 1 N–H and O–H groups in total. The van der Waals surface area contributed by atoms with Crippen molar-refractivity contribution in [3.63, 3.8) is 0 Å². The molecule has 1 unspecified atom stereocenters. The number of methoxy groups -OCH3 is 1. The van der Waals surface area contributed by atoms with Gasteiger partial charge in [-0.15, -0.1) is 0 Å². The molecule has 4 aromatic rings. The predicted octanol–water partition coefficient (Wildman–Crippen LogP) is 5.20. The number of aromatic nitrogens is 2. The molecule has 2 aromatic carbocycles. The van der Waals surface area contributed by atoms with Crippen LogP contribution in [0.15, 0.2) is 87.6 Å². The van der Waals surface area contributed by atoms with E-state index in [1.165, 1.54) is 0 Å². The highest BCUT2D eigenvalue weighted by atomic mass is 32.1. The van der Waals surface area contributed by atoms with Gasteiger partial charge in [0, 0.05) is 11.3 Å². The van der Waals surface area contributed by atoms with Crippen LogP contribution in [-0.4, -0.2) is 27.3 Å². The van der Waals surface area contributed by atoms with Crippen LogP contribution in [0.25, 0.3) is 17.0 Å². The summed E-state index contributed by atoms with van der Waals surface area (Å²) in [5.74, 6) is 2.45. The zero-order chi connectivity index (χ0) is 22.8. The molecule has 1 aliphatic heterocycles. The van der Waals surface area contributed by atoms with Gasteiger partial charge in [-0.3, -0.25) is 0 Å². The van der Waals surface area contributed by atoms with E-state index in [9.17, 15) is 0 Å². The van der Waals surface area contributed by atoms with Gasteiger partial charge < -0.3 is 23.9 Å². The standard InChI is InChI=1S/C25H22N4O3S/c1-16-21(24-27-23(28-32-24)18-10-6-11-19(14-18)30-2)22(17-8-4-3-5-9-17)26-25(33)29(16)15-20-12-7-13-31-20/h3-14,22H,15H2,1-2H3,(H,26,33). The van der Waals surface area contributed by atoms with E-state index < -0.39 is 0 Å². The fourth-order valence-electron chi connectivity index (χ4n) is 3.91. The minimum absolute atomic E-state index is 0.231. The molecular weight excluding hydrogens is 436 g/mol. The third-order valence-electron chi connectivity index (χ3n) is 5.61. The van der Waals surface area contributed by atoms with Crippen molar-refractivity contribution in [2.45, 2.75) is 19.5 Å². The molecule has 166 valence electrons. The lowest BCUT2D eigenvalue weighted by atomic mass is 9.95. The molecule has 0 bridgehead atoms. The highest BCUT2D eigenvalue weighted by Crippen LogP contribution is 2.38. The Balaban J connectivity index is 1.59. The second-order valence-corrected chi connectivity index (χ2v) is 8.00. The van der Waals surface area contributed by atoms with Crippen LogP contribution < -0.4 is 10.1 Å². The van der Waals surface area contributed by atoms with E-state index >= 15 is 0 Å². The molecule has 33 heavy (non-hydrogen) atoms. The fraction of sp³-hybridized carbons (Fsp3) is 0.160. The maximum Gasteiger partial charge on any atom is 0.258 e. The Morgan fingerprint density at radius 3 is 2.70 bits per heavy atom. The summed E-state index contributed by atoms with van der Waals surface area (Å²) in [7, 11) is 1.63. The summed E-state index contributed by atoms with van der Waals surface area (Å²) in [5.41, 5.74) is 3.64. The van der Waals surface area contributed by atoms with Crippen LogP contribution >= 0.6 is 12.2 Å². The van der Waals surface area contributed by atoms with Crippen LogP contribution in [0.5, 0.6) is 5.75 Å². The monoisotopic (exact) mass is 458 g/mol. The van der Waals surface area contributed by atoms with Gasteiger partial charge in [0.1, 0.15) is 11.5 Å². The zero-order valence-electron chi connectivity index (χ0n) is 18.2. The molecule has 0 fully saturated rings. The first-order valence-corrected chi connectivity index (χ1v) is 10.9. The van der Waals surface area contributed by atoms with Crippen LogP contribution in [0, 0.1) is 0 Å². The number of nitrogens with zero attached hydrogens (tertiary/aromatic N) is 3. The lowest BCUT2D eigenvalue weighted by Crippen LogP contribution is -2.45. The normalized spacial score (nSPS) is 16.1. The van der Waals surface area contributed by atoms with Crippen molar-refractivity contribution in [3.05, 3.63) is 95.9 Å². The number of ether oxygens (including phenoxy) is 1. The number of nitrogens with one attached hydrogen (secondary N) is 1. The van der Waals surface area contributed by atoms with Crippen molar-refractivity contribution in [1.29, 1.82) is 0 Å². The first kappa shape index (κ1) is 21.0.